The molecule has 5 nitrogen and oxygen atoms in total. The molecule has 0 atom stereocenters. The van der Waals surface area contributed by atoms with Crippen LogP contribution in [-0.2, 0) is 0 Å². The topological polar surface area (TPSA) is 74.2 Å². The minimum absolute atomic E-state index is 0.382. The van der Waals surface area contributed by atoms with Gasteiger partial charge in [0.2, 0.25) is 0 Å². The molecule has 1 aromatic heterocycles. The molecule has 1 rings (SSSR count). The maximum atomic E-state index is 10.1. The van der Waals surface area contributed by atoms with E-state index in [2.05, 4.69) is 15.6 Å². The first kappa shape index (κ1) is 10.8. The third-order valence-corrected chi connectivity index (χ3v) is 2.74. The van der Waals surface area contributed by atoms with E-state index in [9.17, 15) is 4.79 Å². The molecule has 1 amide bonds. The van der Waals surface area contributed by atoms with Crippen molar-refractivity contribution in [1.82, 2.24) is 10.3 Å². The molecule has 0 radical (unpaired) electrons. The van der Waals surface area contributed by atoms with Gasteiger partial charge in [-0.05, 0) is 13.8 Å². The van der Waals surface area contributed by atoms with E-state index in [1.54, 1.807) is 11.3 Å². The first-order valence-electron chi connectivity index (χ1n) is 4.24. The molecular formula is C8H13N3O2S. The molecule has 14 heavy (non-hydrogen) atoms. The van der Waals surface area contributed by atoms with Crippen LogP contribution in [-0.4, -0.2) is 29.3 Å². The second-order valence-corrected chi connectivity index (χ2v) is 4.02. The van der Waals surface area contributed by atoms with Gasteiger partial charge in [-0.1, -0.05) is 0 Å². The average molecular weight is 215 g/mol. The van der Waals surface area contributed by atoms with E-state index in [1.165, 1.54) is 4.88 Å². The van der Waals surface area contributed by atoms with Crippen LogP contribution in [0.25, 0.3) is 0 Å². The quantitative estimate of drug-likeness (QED) is 0.664. The zero-order valence-corrected chi connectivity index (χ0v) is 8.94. The lowest BCUT2D eigenvalue weighted by Crippen LogP contribution is -2.26. The molecule has 0 aliphatic carbocycles. The van der Waals surface area contributed by atoms with Crippen LogP contribution in [0.3, 0.4) is 0 Å². The highest BCUT2D eigenvalue weighted by atomic mass is 32.1. The normalized spacial score (nSPS) is 9.86. The number of rotatable bonds is 4. The van der Waals surface area contributed by atoms with Crippen LogP contribution in [0, 0.1) is 13.8 Å². The number of amides is 1. The smallest absolute Gasteiger partial charge is 0.404 e. The Kier molecular flexibility index (Phi) is 3.70. The molecule has 78 valence electrons. The monoisotopic (exact) mass is 215 g/mol. The highest BCUT2D eigenvalue weighted by molar-refractivity contribution is 7.15. The van der Waals surface area contributed by atoms with Gasteiger partial charge in [0.25, 0.3) is 0 Å². The molecular weight excluding hydrogens is 202 g/mol. The van der Waals surface area contributed by atoms with Crippen molar-refractivity contribution in [2.75, 3.05) is 18.4 Å². The molecule has 6 heteroatoms. The number of aryl methyl sites for hydroxylation is 2. The summed E-state index contributed by atoms with van der Waals surface area (Å²) in [6, 6.07) is 0. The van der Waals surface area contributed by atoms with E-state index >= 15 is 0 Å². The van der Waals surface area contributed by atoms with Crippen molar-refractivity contribution >= 4 is 22.6 Å². The number of carbonyl (C=O) groups is 1. The number of anilines is 1. The second kappa shape index (κ2) is 4.80. The van der Waals surface area contributed by atoms with Gasteiger partial charge in [-0.2, -0.15) is 0 Å². The van der Waals surface area contributed by atoms with E-state index in [-0.39, 0.29) is 0 Å². The molecule has 0 fully saturated rings. The van der Waals surface area contributed by atoms with Crippen LogP contribution in [0.4, 0.5) is 9.93 Å². The number of hydrogen-bond acceptors (Lipinski definition) is 4. The van der Waals surface area contributed by atoms with Gasteiger partial charge in [-0.25, -0.2) is 9.78 Å². The van der Waals surface area contributed by atoms with Gasteiger partial charge < -0.3 is 15.7 Å². The van der Waals surface area contributed by atoms with Crippen molar-refractivity contribution in [1.29, 1.82) is 0 Å². The Morgan fingerprint density at radius 1 is 1.50 bits per heavy atom. The zero-order valence-electron chi connectivity index (χ0n) is 8.13. The van der Waals surface area contributed by atoms with Crippen molar-refractivity contribution in [3.63, 3.8) is 0 Å². The summed E-state index contributed by atoms with van der Waals surface area (Å²) in [6.45, 7) is 4.89. The summed E-state index contributed by atoms with van der Waals surface area (Å²) in [5.41, 5.74) is 1.02. The standard InChI is InChI=1S/C8H13N3O2S/c1-5-6(2)14-7(11-5)9-3-4-10-8(12)13/h10H,3-4H2,1-2H3,(H,9,11)(H,12,13). The van der Waals surface area contributed by atoms with Gasteiger partial charge in [0.1, 0.15) is 0 Å². The van der Waals surface area contributed by atoms with E-state index in [4.69, 9.17) is 5.11 Å². The first-order valence-corrected chi connectivity index (χ1v) is 5.06. The SMILES string of the molecule is Cc1nc(NCCNC(=O)O)sc1C. The Morgan fingerprint density at radius 2 is 2.21 bits per heavy atom. The summed E-state index contributed by atoms with van der Waals surface area (Å²) >= 11 is 1.58. The Bertz CT molecular complexity index is 305. The number of hydrogen-bond donors (Lipinski definition) is 3. The minimum Gasteiger partial charge on any atom is -0.465 e. The van der Waals surface area contributed by atoms with Gasteiger partial charge in [0.15, 0.2) is 5.13 Å². The molecule has 0 saturated carbocycles. The minimum atomic E-state index is -1.00. The Balaban J connectivity index is 2.28. The van der Waals surface area contributed by atoms with Crippen molar-refractivity contribution in [3.8, 4) is 0 Å². The predicted molar refractivity (Wildman–Crippen MR) is 56.1 cm³/mol. The van der Waals surface area contributed by atoms with Crippen LogP contribution >= 0.6 is 11.3 Å². The number of thiazole rings is 1. The van der Waals surface area contributed by atoms with Crippen LogP contribution in [0.15, 0.2) is 0 Å². The van der Waals surface area contributed by atoms with Crippen LogP contribution in [0.2, 0.25) is 0 Å². The van der Waals surface area contributed by atoms with E-state index in [0.29, 0.717) is 13.1 Å². The molecule has 0 bridgehead atoms. The van der Waals surface area contributed by atoms with Gasteiger partial charge in [0.05, 0.1) is 5.69 Å². The molecule has 0 aliphatic rings. The van der Waals surface area contributed by atoms with Crippen molar-refractivity contribution < 1.29 is 9.90 Å². The number of carboxylic acid groups (broad SMARTS) is 1. The summed E-state index contributed by atoms with van der Waals surface area (Å²) in [7, 11) is 0. The maximum Gasteiger partial charge on any atom is 0.404 e. The molecule has 0 aliphatic heterocycles. The summed E-state index contributed by atoms with van der Waals surface area (Å²) in [5.74, 6) is 0. The fourth-order valence-electron chi connectivity index (χ4n) is 0.887. The molecule has 0 saturated heterocycles. The molecule has 1 aromatic rings. The highest BCUT2D eigenvalue weighted by Gasteiger charge is 2.02. The third-order valence-electron chi connectivity index (χ3n) is 1.71. The molecule has 0 aromatic carbocycles. The van der Waals surface area contributed by atoms with Crippen LogP contribution in [0.5, 0.6) is 0 Å². The summed E-state index contributed by atoms with van der Waals surface area (Å²) in [5, 5.41) is 14.5. The molecule has 1 heterocycles. The first-order chi connectivity index (χ1) is 6.59. The summed E-state index contributed by atoms with van der Waals surface area (Å²) in [4.78, 5) is 15.6. The Labute approximate surface area is 86.2 Å². The largest absolute Gasteiger partial charge is 0.465 e. The van der Waals surface area contributed by atoms with E-state index < -0.39 is 6.09 Å². The van der Waals surface area contributed by atoms with Crippen LogP contribution < -0.4 is 10.6 Å². The lowest BCUT2D eigenvalue weighted by Gasteiger charge is -2.01. The lowest BCUT2D eigenvalue weighted by atomic mass is 10.4. The Morgan fingerprint density at radius 3 is 2.71 bits per heavy atom. The lowest BCUT2D eigenvalue weighted by molar-refractivity contribution is 0.195. The summed E-state index contributed by atoms with van der Waals surface area (Å²) < 4.78 is 0. The van der Waals surface area contributed by atoms with Crippen molar-refractivity contribution in [2.45, 2.75) is 13.8 Å². The van der Waals surface area contributed by atoms with Gasteiger partial charge in [0, 0.05) is 18.0 Å². The van der Waals surface area contributed by atoms with Crippen molar-refractivity contribution in [2.24, 2.45) is 0 Å². The summed E-state index contributed by atoms with van der Waals surface area (Å²) in [6.07, 6.45) is -1.00. The van der Waals surface area contributed by atoms with E-state index in [0.717, 1.165) is 10.8 Å². The average Bonchev–Trinajstić information content (AvgIpc) is 2.40. The van der Waals surface area contributed by atoms with Gasteiger partial charge in [-0.3, -0.25) is 0 Å². The number of nitrogens with zero attached hydrogens (tertiary/aromatic N) is 1. The number of nitrogens with one attached hydrogen (secondary N) is 2. The highest BCUT2D eigenvalue weighted by Crippen LogP contribution is 2.20. The fourth-order valence-corrected chi connectivity index (χ4v) is 1.73. The number of aromatic nitrogens is 1. The third kappa shape index (κ3) is 3.21. The van der Waals surface area contributed by atoms with Crippen LogP contribution in [0.1, 0.15) is 10.6 Å². The Hall–Kier alpha value is -1.30. The van der Waals surface area contributed by atoms with Gasteiger partial charge >= 0.3 is 6.09 Å². The molecule has 0 unspecified atom stereocenters. The zero-order chi connectivity index (χ0) is 10.6. The maximum absolute atomic E-state index is 10.1. The van der Waals surface area contributed by atoms with Gasteiger partial charge in [-0.15, -0.1) is 11.3 Å². The fraction of sp³-hybridized carbons (Fsp3) is 0.500. The van der Waals surface area contributed by atoms with Crippen molar-refractivity contribution in [3.05, 3.63) is 10.6 Å². The molecule has 0 spiro atoms. The van der Waals surface area contributed by atoms with E-state index in [1.807, 2.05) is 13.8 Å². The molecule has 3 N–H and O–H groups in total. The second-order valence-electron chi connectivity index (χ2n) is 2.82. The predicted octanol–water partition coefficient (Wildman–Crippen LogP) is 1.44.